The lowest BCUT2D eigenvalue weighted by Crippen LogP contribution is -2.34. The second-order valence-electron chi connectivity index (χ2n) is 8.62. The van der Waals surface area contributed by atoms with Crippen LogP contribution in [0.4, 0.5) is 13.2 Å². The van der Waals surface area contributed by atoms with Gasteiger partial charge in [-0.1, -0.05) is 24.3 Å². The number of nitrogens with zero attached hydrogens (tertiary/aromatic N) is 5. The zero-order valence-corrected chi connectivity index (χ0v) is 19.9. The highest BCUT2D eigenvalue weighted by molar-refractivity contribution is 5.95. The summed E-state index contributed by atoms with van der Waals surface area (Å²) in [6.07, 6.45) is -2.72. The van der Waals surface area contributed by atoms with Crippen LogP contribution >= 0.6 is 0 Å². The van der Waals surface area contributed by atoms with Crippen LogP contribution < -0.4 is 5.32 Å². The number of rotatable bonds is 4. The highest BCUT2D eigenvalue weighted by atomic mass is 19.4. The predicted molar refractivity (Wildman–Crippen MR) is 129 cm³/mol. The molecule has 0 bridgehead atoms. The van der Waals surface area contributed by atoms with Gasteiger partial charge in [0.25, 0.3) is 11.8 Å². The Balaban J connectivity index is 1.52. The van der Waals surface area contributed by atoms with E-state index in [0.717, 1.165) is 19.0 Å². The summed E-state index contributed by atoms with van der Waals surface area (Å²) in [4.78, 5) is 23.2. The molecule has 8 nitrogen and oxygen atoms in total. The number of halogens is 3. The molecule has 1 saturated heterocycles. The molecule has 0 aliphatic carbocycles. The number of alkyl halides is 3. The molecule has 1 N–H and O–H groups in total. The van der Waals surface area contributed by atoms with E-state index in [9.17, 15) is 18.0 Å². The molecule has 37 heavy (non-hydrogen) atoms. The Morgan fingerprint density at radius 3 is 2.59 bits per heavy atom. The van der Waals surface area contributed by atoms with E-state index >= 15 is 0 Å². The number of amides is 1. The van der Waals surface area contributed by atoms with Gasteiger partial charge in [-0.05, 0) is 44.2 Å². The Kier molecular flexibility index (Phi) is 6.70. The normalized spacial score (nSPS) is 14.4. The molecule has 0 unspecified atom stereocenters. The van der Waals surface area contributed by atoms with Crippen LogP contribution in [0.15, 0.2) is 59.1 Å². The van der Waals surface area contributed by atoms with Crippen molar-refractivity contribution < 1.29 is 22.4 Å². The quantitative estimate of drug-likeness (QED) is 0.430. The van der Waals surface area contributed by atoms with Crippen LogP contribution in [0.2, 0.25) is 0 Å². The van der Waals surface area contributed by atoms with Gasteiger partial charge in [0.1, 0.15) is 5.69 Å². The van der Waals surface area contributed by atoms with Crippen molar-refractivity contribution in [2.45, 2.75) is 19.5 Å². The lowest BCUT2D eigenvalue weighted by Gasteiger charge is -2.21. The third-order valence-electron chi connectivity index (χ3n) is 6.08. The van der Waals surface area contributed by atoms with Gasteiger partial charge in [0.15, 0.2) is 0 Å². The lowest BCUT2D eigenvalue weighted by molar-refractivity contribution is -0.137. The number of benzene rings is 2. The second-order valence-corrected chi connectivity index (χ2v) is 8.62. The minimum Gasteiger partial charge on any atom is -0.415 e. The fraction of sp³-hybridized carbons (Fsp3) is 0.269. The molecular weight excluding hydrogens is 485 g/mol. The molecular formula is C26H23F3N6O2. The third kappa shape index (κ3) is 5.21. The van der Waals surface area contributed by atoms with Gasteiger partial charge in [-0.25, -0.2) is 4.98 Å². The monoisotopic (exact) mass is 508 g/mol. The molecule has 190 valence electrons. The molecule has 0 spiro atoms. The molecule has 1 fully saturated rings. The van der Waals surface area contributed by atoms with Crippen molar-refractivity contribution in [3.63, 3.8) is 0 Å². The standard InChI is InChI=1S/C26H23F3N6O2/c1-16-22(24-34-33-23(37-24)17-6-3-2-4-7-17)32-21(15-31-16)19-9-8-18(14-20(19)26(27,28)29)25(36)35-12-5-10-30-11-13-35/h2-4,6-9,14-15,30H,5,10-13H2,1H3. The van der Waals surface area contributed by atoms with Crippen LogP contribution in [0.25, 0.3) is 34.3 Å². The first-order chi connectivity index (χ1) is 17.8. The molecule has 2 aromatic heterocycles. The maximum absolute atomic E-state index is 14.2. The van der Waals surface area contributed by atoms with Crippen molar-refractivity contribution in [1.29, 1.82) is 0 Å². The number of carbonyl (C=O) groups excluding carboxylic acids is 1. The van der Waals surface area contributed by atoms with Crippen molar-refractivity contribution in [3.05, 3.63) is 71.5 Å². The summed E-state index contributed by atoms with van der Waals surface area (Å²) >= 11 is 0. The van der Waals surface area contributed by atoms with E-state index in [0.29, 0.717) is 30.9 Å². The highest BCUT2D eigenvalue weighted by Crippen LogP contribution is 2.38. The van der Waals surface area contributed by atoms with E-state index in [4.69, 9.17) is 4.42 Å². The fourth-order valence-electron chi connectivity index (χ4n) is 4.16. The average molecular weight is 509 g/mol. The van der Waals surface area contributed by atoms with Gasteiger partial charge in [0.2, 0.25) is 5.89 Å². The van der Waals surface area contributed by atoms with Crippen molar-refractivity contribution in [1.82, 2.24) is 30.4 Å². The molecule has 5 rings (SSSR count). The molecule has 1 amide bonds. The van der Waals surface area contributed by atoms with Gasteiger partial charge in [-0.2, -0.15) is 13.2 Å². The molecule has 0 radical (unpaired) electrons. The smallest absolute Gasteiger partial charge is 0.415 e. The number of carbonyl (C=O) groups is 1. The first-order valence-electron chi connectivity index (χ1n) is 11.8. The molecule has 1 aliphatic heterocycles. The van der Waals surface area contributed by atoms with Crippen LogP contribution in [0, 0.1) is 6.92 Å². The third-order valence-corrected chi connectivity index (χ3v) is 6.08. The topological polar surface area (TPSA) is 97.0 Å². The summed E-state index contributed by atoms with van der Waals surface area (Å²) in [5.41, 5.74) is 0.0829. The zero-order valence-electron chi connectivity index (χ0n) is 19.9. The Hall–Kier alpha value is -4.12. The largest absolute Gasteiger partial charge is 0.417 e. The molecule has 0 saturated carbocycles. The van der Waals surface area contributed by atoms with Crippen LogP contribution in [-0.2, 0) is 6.18 Å². The summed E-state index contributed by atoms with van der Waals surface area (Å²) in [6.45, 7) is 3.93. The Morgan fingerprint density at radius 2 is 1.81 bits per heavy atom. The van der Waals surface area contributed by atoms with Gasteiger partial charge < -0.3 is 14.6 Å². The van der Waals surface area contributed by atoms with Crippen LogP contribution in [-0.4, -0.2) is 57.2 Å². The van der Waals surface area contributed by atoms with E-state index in [1.807, 2.05) is 18.2 Å². The number of aromatic nitrogens is 4. The maximum Gasteiger partial charge on any atom is 0.417 e. The first kappa shape index (κ1) is 24.6. The average Bonchev–Trinajstić information content (AvgIpc) is 3.23. The number of hydrogen-bond acceptors (Lipinski definition) is 7. The van der Waals surface area contributed by atoms with E-state index in [-0.39, 0.29) is 34.3 Å². The van der Waals surface area contributed by atoms with E-state index < -0.39 is 17.6 Å². The molecule has 4 aromatic rings. The Morgan fingerprint density at radius 1 is 1.03 bits per heavy atom. The molecule has 2 aromatic carbocycles. The Labute approximate surface area is 210 Å². The van der Waals surface area contributed by atoms with Gasteiger partial charge in [0, 0.05) is 36.3 Å². The van der Waals surface area contributed by atoms with Crippen molar-refractivity contribution >= 4 is 5.91 Å². The van der Waals surface area contributed by atoms with E-state index in [1.54, 1.807) is 24.0 Å². The lowest BCUT2D eigenvalue weighted by atomic mass is 10.00. The fourth-order valence-corrected chi connectivity index (χ4v) is 4.16. The molecule has 1 aliphatic rings. The summed E-state index contributed by atoms with van der Waals surface area (Å²) in [5.74, 6) is -0.138. The van der Waals surface area contributed by atoms with Gasteiger partial charge in [0.05, 0.1) is 23.1 Å². The minimum absolute atomic E-state index is 0.0228. The highest BCUT2D eigenvalue weighted by Gasteiger charge is 2.35. The number of aryl methyl sites for hydroxylation is 1. The van der Waals surface area contributed by atoms with Crippen molar-refractivity contribution in [2.75, 3.05) is 26.2 Å². The first-order valence-corrected chi connectivity index (χ1v) is 11.8. The summed E-state index contributed by atoms with van der Waals surface area (Å²) in [7, 11) is 0. The minimum atomic E-state index is -4.72. The summed E-state index contributed by atoms with van der Waals surface area (Å²) in [6, 6.07) is 12.6. The maximum atomic E-state index is 14.2. The van der Waals surface area contributed by atoms with E-state index in [1.165, 1.54) is 18.3 Å². The summed E-state index contributed by atoms with van der Waals surface area (Å²) in [5, 5.41) is 11.2. The van der Waals surface area contributed by atoms with Gasteiger partial charge in [-0.15, -0.1) is 10.2 Å². The van der Waals surface area contributed by atoms with E-state index in [2.05, 4.69) is 25.5 Å². The predicted octanol–water partition coefficient (Wildman–Crippen LogP) is 4.62. The number of nitrogens with one attached hydrogen (secondary N) is 1. The van der Waals surface area contributed by atoms with Crippen molar-refractivity contribution in [2.24, 2.45) is 0 Å². The molecule has 3 heterocycles. The van der Waals surface area contributed by atoms with Gasteiger partial charge in [-0.3, -0.25) is 9.78 Å². The zero-order chi connectivity index (χ0) is 26.0. The van der Waals surface area contributed by atoms with Gasteiger partial charge >= 0.3 is 6.18 Å². The number of hydrogen-bond donors (Lipinski definition) is 1. The Bertz CT molecular complexity index is 1410. The summed E-state index contributed by atoms with van der Waals surface area (Å²) < 4.78 is 48.2. The second kappa shape index (κ2) is 10.1. The molecule has 0 atom stereocenters. The SMILES string of the molecule is Cc1ncc(-c2ccc(C(=O)N3CCCNCC3)cc2C(F)(F)F)nc1-c1nnc(-c2ccccc2)o1. The molecule has 11 heteroatoms. The van der Waals surface area contributed by atoms with Crippen LogP contribution in [0.1, 0.15) is 28.0 Å². The van der Waals surface area contributed by atoms with Crippen molar-refractivity contribution in [3.8, 4) is 34.3 Å². The van der Waals surface area contributed by atoms with Crippen LogP contribution in [0.3, 0.4) is 0 Å². The van der Waals surface area contributed by atoms with Crippen LogP contribution in [0.5, 0.6) is 0 Å².